The second-order valence-corrected chi connectivity index (χ2v) is 7.38. The number of anilines is 1. The summed E-state index contributed by atoms with van der Waals surface area (Å²) in [6.07, 6.45) is 3.72. The van der Waals surface area contributed by atoms with E-state index in [1.54, 1.807) is 16.9 Å². The second-order valence-electron chi connectivity index (χ2n) is 7.38. The molecule has 10 heteroatoms. The first kappa shape index (κ1) is 19.1. The van der Waals surface area contributed by atoms with Crippen molar-refractivity contribution in [2.24, 2.45) is 18.4 Å². The van der Waals surface area contributed by atoms with Gasteiger partial charge in [0.25, 0.3) is 0 Å². The number of carbonyl (C=O) groups excluding carboxylic acids is 1. The van der Waals surface area contributed by atoms with E-state index < -0.39 is 5.41 Å². The fraction of sp³-hybridized carbons (Fsp3) is 0.526. The molecular formula is C19H23N7O3. The van der Waals surface area contributed by atoms with Crippen LogP contribution in [-0.2, 0) is 23.0 Å². The van der Waals surface area contributed by atoms with Gasteiger partial charge in [-0.1, -0.05) is 0 Å². The third kappa shape index (κ3) is 3.27. The van der Waals surface area contributed by atoms with E-state index in [0.717, 1.165) is 11.5 Å². The molecule has 2 aromatic rings. The van der Waals surface area contributed by atoms with Gasteiger partial charge in [-0.05, 0) is 6.07 Å². The SMILES string of the molecule is COc1nccc(N2C[C@H]3COC[C@@]3(C(=O)NCCc3ncnn3C)C2)c1C#N. The molecule has 0 saturated carbocycles. The minimum atomic E-state index is -0.636. The maximum absolute atomic E-state index is 13.2. The molecule has 0 bridgehead atoms. The fourth-order valence-corrected chi connectivity index (χ4v) is 4.21. The molecule has 1 amide bonds. The van der Waals surface area contributed by atoms with Gasteiger partial charge in [0.05, 0.1) is 31.4 Å². The molecule has 1 N–H and O–H groups in total. The zero-order valence-electron chi connectivity index (χ0n) is 16.5. The summed E-state index contributed by atoms with van der Waals surface area (Å²) in [5.41, 5.74) is 0.483. The van der Waals surface area contributed by atoms with Crippen LogP contribution in [0.4, 0.5) is 5.69 Å². The predicted octanol–water partition coefficient (Wildman–Crippen LogP) is -0.0979. The molecule has 152 valence electrons. The van der Waals surface area contributed by atoms with Crippen LogP contribution in [0, 0.1) is 22.7 Å². The summed E-state index contributed by atoms with van der Waals surface area (Å²) in [5, 5.41) is 16.7. The molecule has 2 aromatic heterocycles. The molecule has 0 unspecified atom stereocenters. The van der Waals surface area contributed by atoms with E-state index in [9.17, 15) is 10.1 Å². The van der Waals surface area contributed by atoms with Gasteiger partial charge in [0.1, 0.15) is 23.8 Å². The molecule has 0 radical (unpaired) electrons. The minimum Gasteiger partial charge on any atom is -0.480 e. The van der Waals surface area contributed by atoms with Gasteiger partial charge in [-0.25, -0.2) is 9.97 Å². The zero-order valence-corrected chi connectivity index (χ0v) is 16.5. The summed E-state index contributed by atoms with van der Waals surface area (Å²) in [7, 11) is 3.32. The van der Waals surface area contributed by atoms with Crippen LogP contribution in [0.3, 0.4) is 0 Å². The fourth-order valence-electron chi connectivity index (χ4n) is 4.21. The van der Waals surface area contributed by atoms with E-state index in [4.69, 9.17) is 9.47 Å². The molecule has 0 aliphatic carbocycles. The van der Waals surface area contributed by atoms with Gasteiger partial charge >= 0.3 is 0 Å². The van der Waals surface area contributed by atoms with Gasteiger partial charge in [0.15, 0.2) is 0 Å². The van der Waals surface area contributed by atoms with Crippen LogP contribution in [-0.4, -0.2) is 65.6 Å². The number of nitriles is 1. The Morgan fingerprint density at radius 2 is 2.38 bits per heavy atom. The Kier molecular flexibility index (Phi) is 5.07. The molecule has 0 aromatic carbocycles. The number of fused-ring (bicyclic) bond motifs is 1. The summed E-state index contributed by atoms with van der Waals surface area (Å²) in [6, 6.07) is 3.97. The standard InChI is InChI=1S/C19H23N7O3/c1-25-16(23-12-24-25)4-6-22-18(27)19-10-26(8-13(19)9-29-11-19)15-3-5-21-17(28-2)14(15)7-20/h3,5,12-13H,4,6,8-11H2,1-2H3,(H,22,27)/t13-,19-/m0/s1. The third-order valence-electron chi connectivity index (χ3n) is 5.81. The highest BCUT2D eigenvalue weighted by Gasteiger charge is 2.56. The quantitative estimate of drug-likeness (QED) is 0.718. The summed E-state index contributed by atoms with van der Waals surface area (Å²) in [4.78, 5) is 23.5. The largest absolute Gasteiger partial charge is 0.480 e. The summed E-state index contributed by atoms with van der Waals surface area (Å²) >= 11 is 0. The number of pyridine rings is 1. The van der Waals surface area contributed by atoms with Crippen molar-refractivity contribution >= 4 is 11.6 Å². The van der Waals surface area contributed by atoms with Crippen LogP contribution < -0.4 is 15.0 Å². The lowest BCUT2D eigenvalue weighted by Gasteiger charge is -2.27. The first-order valence-corrected chi connectivity index (χ1v) is 9.46. The smallest absolute Gasteiger partial charge is 0.233 e. The molecular weight excluding hydrogens is 374 g/mol. The van der Waals surface area contributed by atoms with Crippen molar-refractivity contribution in [3.05, 3.63) is 30.0 Å². The highest BCUT2D eigenvalue weighted by molar-refractivity contribution is 5.85. The summed E-state index contributed by atoms with van der Waals surface area (Å²) < 4.78 is 12.6. The van der Waals surface area contributed by atoms with Crippen molar-refractivity contribution in [1.82, 2.24) is 25.1 Å². The van der Waals surface area contributed by atoms with Crippen molar-refractivity contribution in [1.29, 1.82) is 5.26 Å². The first-order valence-electron chi connectivity index (χ1n) is 9.46. The van der Waals surface area contributed by atoms with Crippen LogP contribution in [0.2, 0.25) is 0 Å². The predicted molar refractivity (Wildman–Crippen MR) is 102 cm³/mol. The molecule has 0 spiro atoms. The van der Waals surface area contributed by atoms with E-state index in [0.29, 0.717) is 50.7 Å². The first-order chi connectivity index (χ1) is 14.1. The Hall–Kier alpha value is -3.19. The number of ether oxygens (including phenoxy) is 2. The highest BCUT2D eigenvalue weighted by Crippen LogP contribution is 2.44. The van der Waals surface area contributed by atoms with E-state index in [1.165, 1.54) is 13.4 Å². The summed E-state index contributed by atoms with van der Waals surface area (Å²) in [6.45, 7) is 2.49. The van der Waals surface area contributed by atoms with Crippen LogP contribution in [0.5, 0.6) is 5.88 Å². The number of carbonyl (C=O) groups is 1. The number of methoxy groups -OCH3 is 1. The number of hydrogen-bond donors (Lipinski definition) is 1. The van der Waals surface area contributed by atoms with E-state index in [-0.39, 0.29) is 11.8 Å². The molecule has 10 nitrogen and oxygen atoms in total. The molecule has 2 aliphatic rings. The number of amides is 1. The van der Waals surface area contributed by atoms with Crippen LogP contribution in [0.1, 0.15) is 11.4 Å². The van der Waals surface area contributed by atoms with Crippen molar-refractivity contribution in [2.75, 3.05) is 44.9 Å². The average molecular weight is 397 g/mol. The number of nitrogens with one attached hydrogen (secondary N) is 1. The Labute approximate surface area is 168 Å². The number of nitrogens with zero attached hydrogens (tertiary/aromatic N) is 6. The van der Waals surface area contributed by atoms with Crippen molar-refractivity contribution in [3.63, 3.8) is 0 Å². The normalized spacial score (nSPS) is 22.9. The maximum atomic E-state index is 13.2. The zero-order chi connectivity index (χ0) is 20.4. The van der Waals surface area contributed by atoms with Crippen LogP contribution >= 0.6 is 0 Å². The molecule has 4 heterocycles. The highest BCUT2D eigenvalue weighted by atomic mass is 16.5. The van der Waals surface area contributed by atoms with Gasteiger partial charge < -0.3 is 19.7 Å². The van der Waals surface area contributed by atoms with Gasteiger partial charge in [0, 0.05) is 45.2 Å². The number of aromatic nitrogens is 4. The van der Waals surface area contributed by atoms with E-state index in [2.05, 4.69) is 31.4 Å². The summed E-state index contributed by atoms with van der Waals surface area (Å²) in [5.74, 6) is 1.14. The third-order valence-corrected chi connectivity index (χ3v) is 5.81. The minimum absolute atomic E-state index is 0.0239. The lowest BCUT2D eigenvalue weighted by Crippen LogP contribution is -2.47. The lowest BCUT2D eigenvalue weighted by molar-refractivity contribution is -0.131. The second kappa shape index (κ2) is 7.67. The van der Waals surface area contributed by atoms with E-state index in [1.807, 2.05) is 7.05 Å². The Bertz CT molecular complexity index is 954. The Balaban J connectivity index is 1.50. The molecule has 2 aliphatic heterocycles. The Morgan fingerprint density at radius 3 is 3.10 bits per heavy atom. The van der Waals surface area contributed by atoms with Gasteiger partial charge in [-0.15, -0.1) is 0 Å². The molecule has 2 saturated heterocycles. The van der Waals surface area contributed by atoms with Crippen molar-refractivity contribution in [2.45, 2.75) is 6.42 Å². The topological polar surface area (TPSA) is 118 Å². The number of rotatable bonds is 6. The van der Waals surface area contributed by atoms with Crippen LogP contribution in [0.15, 0.2) is 18.6 Å². The molecule has 2 atom stereocenters. The van der Waals surface area contributed by atoms with Gasteiger partial charge in [-0.2, -0.15) is 10.4 Å². The van der Waals surface area contributed by atoms with Crippen LogP contribution in [0.25, 0.3) is 0 Å². The van der Waals surface area contributed by atoms with Crippen molar-refractivity contribution in [3.8, 4) is 11.9 Å². The van der Waals surface area contributed by atoms with Gasteiger partial charge in [0.2, 0.25) is 11.8 Å². The number of hydrogen-bond acceptors (Lipinski definition) is 8. The monoisotopic (exact) mass is 397 g/mol. The molecule has 4 rings (SSSR count). The lowest BCUT2D eigenvalue weighted by atomic mass is 9.80. The Morgan fingerprint density at radius 1 is 1.52 bits per heavy atom. The molecule has 29 heavy (non-hydrogen) atoms. The van der Waals surface area contributed by atoms with Crippen molar-refractivity contribution < 1.29 is 14.3 Å². The maximum Gasteiger partial charge on any atom is 0.233 e. The van der Waals surface area contributed by atoms with E-state index >= 15 is 0 Å². The number of aryl methyl sites for hydroxylation is 1. The van der Waals surface area contributed by atoms with Gasteiger partial charge in [-0.3, -0.25) is 9.48 Å². The average Bonchev–Trinajstić information content (AvgIpc) is 3.41. The molecule has 2 fully saturated rings.